The van der Waals surface area contributed by atoms with Crippen LogP contribution in [-0.2, 0) is 16.0 Å². The summed E-state index contributed by atoms with van der Waals surface area (Å²) < 4.78 is 40.5. The Bertz CT molecular complexity index is 405. The Morgan fingerprint density at radius 1 is 1.33 bits per heavy atom. The van der Waals surface area contributed by atoms with Crippen molar-refractivity contribution >= 4 is 21.7 Å². The maximum absolute atomic E-state index is 11.8. The molecular weight excluding hydrogens is 313 g/mol. The van der Waals surface area contributed by atoms with Crippen molar-refractivity contribution in [3.05, 3.63) is 34.3 Å². The normalized spacial score (nSPS) is 11.6. The van der Waals surface area contributed by atoms with E-state index in [2.05, 4.69) is 20.7 Å². The van der Waals surface area contributed by atoms with Crippen LogP contribution in [0.4, 0.5) is 13.2 Å². The predicted octanol–water partition coefficient (Wildman–Crippen LogP) is 3.53. The van der Waals surface area contributed by atoms with Crippen LogP contribution in [0.1, 0.15) is 12.0 Å². The van der Waals surface area contributed by atoms with Crippen molar-refractivity contribution in [1.82, 2.24) is 0 Å². The number of Topliss-reactive ketones (excluding diaryl/α,β-unsaturated/α-hetero) is 1. The Morgan fingerprint density at radius 3 is 2.67 bits per heavy atom. The molecule has 0 unspecified atom stereocenters. The Hall–Kier alpha value is -0.880. The minimum absolute atomic E-state index is 0.0113. The molecule has 0 saturated heterocycles. The van der Waals surface area contributed by atoms with Gasteiger partial charge in [-0.1, -0.05) is 28.1 Å². The third-order valence-electron chi connectivity index (χ3n) is 2.08. The Morgan fingerprint density at radius 2 is 2.06 bits per heavy atom. The topological polar surface area (TPSA) is 26.3 Å². The third-order valence-corrected chi connectivity index (χ3v) is 2.57. The van der Waals surface area contributed by atoms with Crippen molar-refractivity contribution in [2.45, 2.75) is 19.0 Å². The number of rotatable bonds is 6. The first-order valence-electron chi connectivity index (χ1n) is 5.27. The zero-order chi connectivity index (χ0) is 13.6. The molecule has 1 aromatic carbocycles. The van der Waals surface area contributed by atoms with E-state index in [0.29, 0.717) is 0 Å². The molecule has 0 atom stereocenters. The number of benzene rings is 1. The van der Waals surface area contributed by atoms with Gasteiger partial charge in [0, 0.05) is 17.3 Å². The van der Waals surface area contributed by atoms with Crippen molar-refractivity contribution < 1.29 is 22.7 Å². The van der Waals surface area contributed by atoms with Gasteiger partial charge in [-0.25, -0.2) is 0 Å². The average molecular weight is 325 g/mol. The van der Waals surface area contributed by atoms with E-state index in [4.69, 9.17) is 0 Å². The van der Waals surface area contributed by atoms with Gasteiger partial charge < -0.3 is 4.74 Å². The number of alkyl halides is 3. The number of hydrogen-bond donors (Lipinski definition) is 0. The highest BCUT2D eigenvalue weighted by Gasteiger charge is 2.27. The molecule has 0 radical (unpaired) electrons. The summed E-state index contributed by atoms with van der Waals surface area (Å²) in [5.74, 6) is -0.143. The number of carbonyl (C=O) groups is 1. The van der Waals surface area contributed by atoms with E-state index < -0.39 is 12.8 Å². The summed E-state index contributed by atoms with van der Waals surface area (Å²) in [6.45, 7) is -1.51. The van der Waals surface area contributed by atoms with Gasteiger partial charge in [0.25, 0.3) is 0 Å². The van der Waals surface area contributed by atoms with Crippen LogP contribution in [0.3, 0.4) is 0 Å². The van der Waals surface area contributed by atoms with Crippen LogP contribution in [0, 0.1) is 0 Å². The summed E-state index contributed by atoms with van der Waals surface area (Å²) in [7, 11) is 0. The van der Waals surface area contributed by atoms with Crippen molar-refractivity contribution in [3.63, 3.8) is 0 Å². The minimum Gasteiger partial charge on any atom is -0.372 e. The van der Waals surface area contributed by atoms with Gasteiger partial charge in [-0.15, -0.1) is 0 Å². The highest BCUT2D eigenvalue weighted by molar-refractivity contribution is 9.10. The molecule has 100 valence electrons. The van der Waals surface area contributed by atoms with Crippen LogP contribution in [0.5, 0.6) is 0 Å². The monoisotopic (exact) mass is 324 g/mol. The molecule has 0 aliphatic heterocycles. The van der Waals surface area contributed by atoms with E-state index in [1.165, 1.54) is 0 Å². The summed E-state index contributed by atoms with van der Waals surface area (Å²) in [5, 5.41) is 0. The molecule has 6 heteroatoms. The molecule has 0 aromatic heterocycles. The Balaban J connectivity index is 2.26. The van der Waals surface area contributed by atoms with E-state index in [1.807, 2.05) is 6.07 Å². The fourth-order valence-corrected chi connectivity index (χ4v) is 1.78. The van der Waals surface area contributed by atoms with Gasteiger partial charge in [0.2, 0.25) is 0 Å². The summed E-state index contributed by atoms with van der Waals surface area (Å²) >= 11 is 3.28. The van der Waals surface area contributed by atoms with Gasteiger partial charge in [0.1, 0.15) is 12.4 Å². The molecule has 0 bridgehead atoms. The molecule has 0 aliphatic rings. The van der Waals surface area contributed by atoms with Crippen LogP contribution >= 0.6 is 15.9 Å². The molecule has 0 heterocycles. The highest BCUT2D eigenvalue weighted by atomic mass is 79.9. The largest absolute Gasteiger partial charge is 0.411 e. The quantitative estimate of drug-likeness (QED) is 0.748. The van der Waals surface area contributed by atoms with E-state index >= 15 is 0 Å². The Kier molecular flexibility index (Phi) is 5.81. The van der Waals surface area contributed by atoms with Crippen LogP contribution in [0.15, 0.2) is 28.7 Å². The maximum Gasteiger partial charge on any atom is 0.411 e. The van der Waals surface area contributed by atoms with Crippen LogP contribution < -0.4 is 0 Å². The van der Waals surface area contributed by atoms with Gasteiger partial charge >= 0.3 is 6.18 Å². The number of carbonyl (C=O) groups excluding carboxylic acids is 1. The Labute approximate surface area is 111 Å². The number of halogens is 4. The zero-order valence-corrected chi connectivity index (χ0v) is 11.1. The predicted molar refractivity (Wildman–Crippen MR) is 64.3 cm³/mol. The first-order chi connectivity index (χ1) is 8.37. The number of hydrogen-bond acceptors (Lipinski definition) is 2. The van der Waals surface area contributed by atoms with Gasteiger partial charge in [-0.2, -0.15) is 13.2 Å². The molecule has 0 fully saturated rings. The van der Waals surface area contributed by atoms with Crippen molar-refractivity contribution in [2.75, 3.05) is 13.2 Å². The van der Waals surface area contributed by atoms with Crippen LogP contribution in [0.2, 0.25) is 0 Å². The van der Waals surface area contributed by atoms with E-state index in [-0.39, 0.29) is 25.2 Å². The molecule has 0 aliphatic carbocycles. The average Bonchev–Trinajstić information content (AvgIpc) is 2.23. The van der Waals surface area contributed by atoms with Gasteiger partial charge in [-0.3, -0.25) is 4.79 Å². The second kappa shape index (κ2) is 6.89. The summed E-state index contributed by atoms with van der Waals surface area (Å²) in [4.78, 5) is 11.5. The number of ether oxygens (including phenoxy) is 1. The second-order valence-electron chi connectivity index (χ2n) is 3.76. The van der Waals surface area contributed by atoms with Crippen molar-refractivity contribution in [3.8, 4) is 0 Å². The lowest BCUT2D eigenvalue weighted by Crippen LogP contribution is -2.18. The van der Waals surface area contributed by atoms with Crippen LogP contribution in [-0.4, -0.2) is 25.2 Å². The molecule has 18 heavy (non-hydrogen) atoms. The van der Waals surface area contributed by atoms with Crippen molar-refractivity contribution in [1.29, 1.82) is 0 Å². The zero-order valence-electron chi connectivity index (χ0n) is 9.47. The van der Waals surface area contributed by atoms with E-state index in [0.717, 1.165) is 10.0 Å². The lowest BCUT2D eigenvalue weighted by Gasteiger charge is -2.07. The lowest BCUT2D eigenvalue weighted by atomic mass is 10.1. The molecule has 1 aromatic rings. The smallest absolute Gasteiger partial charge is 0.372 e. The van der Waals surface area contributed by atoms with E-state index in [1.54, 1.807) is 18.2 Å². The van der Waals surface area contributed by atoms with E-state index in [9.17, 15) is 18.0 Å². The summed E-state index contributed by atoms with van der Waals surface area (Å²) in [6, 6.07) is 7.22. The molecule has 0 spiro atoms. The van der Waals surface area contributed by atoms with Gasteiger partial charge in [0.15, 0.2) is 0 Å². The van der Waals surface area contributed by atoms with Crippen LogP contribution in [0.25, 0.3) is 0 Å². The minimum atomic E-state index is -4.34. The number of ketones is 1. The molecule has 0 amide bonds. The van der Waals surface area contributed by atoms with Gasteiger partial charge in [0.05, 0.1) is 6.61 Å². The van der Waals surface area contributed by atoms with Gasteiger partial charge in [-0.05, 0) is 17.7 Å². The fraction of sp³-hybridized carbons (Fsp3) is 0.417. The SMILES string of the molecule is O=C(CCOCC(F)(F)F)Cc1cccc(Br)c1. The fourth-order valence-electron chi connectivity index (χ4n) is 1.34. The molecule has 0 N–H and O–H groups in total. The third kappa shape index (κ3) is 6.76. The highest BCUT2D eigenvalue weighted by Crippen LogP contribution is 2.15. The molecule has 1 rings (SSSR count). The first kappa shape index (κ1) is 15.2. The van der Waals surface area contributed by atoms with Crippen molar-refractivity contribution in [2.24, 2.45) is 0 Å². The first-order valence-corrected chi connectivity index (χ1v) is 6.07. The molecule has 0 saturated carbocycles. The molecule has 2 nitrogen and oxygen atoms in total. The molecular formula is C12H12BrF3O2. The summed E-state index contributed by atoms with van der Waals surface area (Å²) in [5.41, 5.74) is 0.824. The lowest BCUT2D eigenvalue weighted by molar-refractivity contribution is -0.174. The summed E-state index contributed by atoms with van der Waals surface area (Å²) in [6.07, 6.45) is -4.15. The maximum atomic E-state index is 11.8. The standard InChI is InChI=1S/C12H12BrF3O2/c13-10-3-1-2-9(6-10)7-11(17)4-5-18-8-12(14,15)16/h1-3,6H,4-5,7-8H2. The second-order valence-corrected chi connectivity index (χ2v) is 4.68.